The van der Waals surface area contributed by atoms with Crippen LogP contribution in [0.4, 0.5) is 0 Å². The number of primary amides is 2. The molecule has 0 radical (unpaired) electrons. The number of hydrogen-bond acceptors (Lipinski definition) is 9. The third-order valence-electron chi connectivity index (χ3n) is 6.09. The molecule has 0 saturated carbocycles. The molecule has 4 bridgehead atoms. The van der Waals surface area contributed by atoms with Crippen LogP contribution in [0.1, 0.15) is 30.9 Å². The van der Waals surface area contributed by atoms with Gasteiger partial charge in [0.1, 0.15) is 23.6 Å². The summed E-state index contributed by atoms with van der Waals surface area (Å²) in [5.41, 5.74) is 23.4. The smallest absolute Gasteiger partial charge is 0.243 e. The molecule has 13 N–H and O–H groups in total. The molecule has 14 nitrogen and oxygen atoms in total. The van der Waals surface area contributed by atoms with Gasteiger partial charge in [0, 0.05) is 19.8 Å². The average Bonchev–Trinajstić information content (AvgIpc) is 2.90. The molecule has 1 heterocycles. The van der Waals surface area contributed by atoms with E-state index in [0.29, 0.717) is 28.7 Å². The molecule has 41 heavy (non-hydrogen) atoms. The first-order valence-electron chi connectivity index (χ1n) is 12.8. The van der Waals surface area contributed by atoms with Crippen LogP contribution in [0.2, 0.25) is 0 Å². The number of hydrogen-bond donors (Lipinski definition) is 9. The van der Waals surface area contributed by atoms with E-state index >= 15 is 0 Å². The summed E-state index contributed by atoms with van der Waals surface area (Å²) in [6.45, 7) is 1.12. The van der Waals surface area contributed by atoms with E-state index in [-0.39, 0.29) is 43.2 Å². The third kappa shape index (κ3) is 10.1. The molecule has 222 valence electrons. The van der Waals surface area contributed by atoms with Gasteiger partial charge in [-0.3, -0.25) is 24.0 Å². The Bertz CT molecular complexity index is 1280. The van der Waals surface area contributed by atoms with Crippen molar-refractivity contribution in [2.24, 2.45) is 22.9 Å². The van der Waals surface area contributed by atoms with Gasteiger partial charge in [0.05, 0.1) is 12.6 Å². The van der Waals surface area contributed by atoms with Crippen LogP contribution in [0.15, 0.2) is 36.4 Å². The summed E-state index contributed by atoms with van der Waals surface area (Å²) < 4.78 is 0. The average molecular weight is 572 g/mol. The predicted octanol–water partition coefficient (Wildman–Crippen LogP) is -2.01. The van der Waals surface area contributed by atoms with Gasteiger partial charge in [0.2, 0.25) is 29.5 Å². The molecule has 0 fully saturated rings. The second-order valence-corrected chi connectivity index (χ2v) is 9.55. The van der Waals surface area contributed by atoms with E-state index in [0.717, 1.165) is 0 Å². The highest BCUT2D eigenvalue weighted by molar-refractivity contribution is 5.94. The van der Waals surface area contributed by atoms with Crippen LogP contribution in [0.5, 0.6) is 11.5 Å². The van der Waals surface area contributed by atoms with Crippen molar-refractivity contribution in [3.8, 4) is 22.6 Å². The van der Waals surface area contributed by atoms with E-state index in [1.165, 1.54) is 19.1 Å². The van der Waals surface area contributed by atoms with Gasteiger partial charge in [0.25, 0.3) is 0 Å². The Morgan fingerprint density at radius 1 is 0.927 bits per heavy atom. The lowest BCUT2D eigenvalue weighted by atomic mass is 9.95. The molecule has 3 atom stereocenters. The number of phenols is 2. The molecule has 0 aliphatic carbocycles. The highest BCUT2D eigenvalue weighted by Crippen LogP contribution is 2.30. The second-order valence-electron chi connectivity index (χ2n) is 9.55. The minimum absolute atomic E-state index is 0.000175. The van der Waals surface area contributed by atoms with Crippen molar-refractivity contribution < 1.29 is 34.2 Å². The largest absolute Gasteiger partial charge is 0.508 e. The number of aromatic hydroxyl groups is 2. The first kappa shape index (κ1) is 32.5. The highest BCUT2D eigenvalue weighted by Gasteiger charge is 2.29. The van der Waals surface area contributed by atoms with Crippen LogP contribution < -0.4 is 38.9 Å². The van der Waals surface area contributed by atoms with Gasteiger partial charge >= 0.3 is 0 Å². The Morgan fingerprint density at radius 2 is 1.46 bits per heavy atom. The summed E-state index contributed by atoms with van der Waals surface area (Å²) in [7, 11) is 0. The minimum atomic E-state index is -1.21. The zero-order valence-electron chi connectivity index (χ0n) is 22.7. The number of rotatable bonds is 6. The van der Waals surface area contributed by atoms with Crippen molar-refractivity contribution in [1.82, 2.24) is 16.0 Å². The normalized spacial score (nSPS) is 18.8. The van der Waals surface area contributed by atoms with Crippen molar-refractivity contribution >= 4 is 29.5 Å². The highest BCUT2D eigenvalue weighted by atomic mass is 16.3. The van der Waals surface area contributed by atoms with E-state index < -0.39 is 48.3 Å². The number of phenolic OH excluding ortho intramolecular Hbond substituents is 2. The van der Waals surface area contributed by atoms with Gasteiger partial charge in [-0.15, -0.1) is 0 Å². The molecule has 1 aliphatic rings. The van der Waals surface area contributed by atoms with E-state index in [2.05, 4.69) is 21.7 Å². The SMILES string of the molecule is CC(N)=O.NCCC[C@@H]1NC(=O)C(N)Cc2cc(ccc2O)-c2ccc(O)c(c2)CC(C(=O)NCC(N)=O)NC1=O. The molecule has 2 aromatic rings. The summed E-state index contributed by atoms with van der Waals surface area (Å²) >= 11 is 0. The van der Waals surface area contributed by atoms with Crippen LogP contribution >= 0.6 is 0 Å². The molecular weight excluding hydrogens is 534 g/mol. The number of fused-ring (bicyclic) bond motifs is 5. The zero-order valence-corrected chi connectivity index (χ0v) is 22.7. The molecule has 0 saturated heterocycles. The lowest BCUT2D eigenvalue weighted by Gasteiger charge is -2.24. The summed E-state index contributed by atoms with van der Waals surface area (Å²) in [6.07, 6.45) is 0.452. The Kier molecular flexibility index (Phi) is 12.0. The third-order valence-corrected chi connectivity index (χ3v) is 6.09. The Balaban J connectivity index is 0.00000138. The summed E-state index contributed by atoms with van der Waals surface area (Å²) in [5, 5.41) is 28.4. The quantitative estimate of drug-likeness (QED) is 0.185. The van der Waals surface area contributed by atoms with Gasteiger partial charge in [-0.25, -0.2) is 0 Å². The number of nitrogens with one attached hydrogen (secondary N) is 3. The molecule has 5 amide bonds. The first-order valence-corrected chi connectivity index (χ1v) is 12.8. The van der Waals surface area contributed by atoms with Crippen LogP contribution in [0.3, 0.4) is 0 Å². The number of nitrogens with two attached hydrogens (primary N) is 4. The Hall–Kier alpha value is -4.69. The minimum Gasteiger partial charge on any atom is -0.508 e. The van der Waals surface area contributed by atoms with Crippen molar-refractivity contribution in [2.75, 3.05) is 13.1 Å². The number of carbonyl (C=O) groups is 5. The standard InChI is InChI=1S/C25H32N6O6.C2H5NO/c26-7-1-2-18-25(37)31-19(24(36)29-12-22(28)34)11-16-9-14(4-6-21(16)33)13-3-5-20(32)15(8-13)10-17(27)23(35)30-18;1-2(3)4/h3-6,8-9,17-19,32-33H,1-2,7,10-12,26-27H2,(H2,28,34)(H,29,36)(H,30,35)(H,31,37);1H3,(H2,3,4)/t17?,18-,19?;/m0./s1. The van der Waals surface area contributed by atoms with Crippen LogP contribution in [0.25, 0.3) is 11.1 Å². The van der Waals surface area contributed by atoms with Crippen molar-refractivity contribution in [2.45, 2.75) is 50.7 Å². The molecule has 1 aliphatic heterocycles. The van der Waals surface area contributed by atoms with Gasteiger partial charge in [-0.05, 0) is 65.9 Å². The fraction of sp³-hybridized carbons (Fsp3) is 0.370. The number of carbonyl (C=O) groups excluding carboxylic acids is 5. The first-order chi connectivity index (χ1) is 19.3. The second kappa shape index (κ2) is 15.2. The fourth-order valence-corrected chi connectivity index (χ4v) is 4.06. The Morgan fingerprint density at radius 3 is 1.98 bits per heavy atom. The monoisotopic (exact) mass is 571 g/mol. The maximum absolute atomic E-state index is 13.2. The molecular formula is C27H37N7O7. The summed E-state index contributed by atoms with van der Waals surface area (Å²) in [6, 6.07) is 6.25. The van der Waals surface area contributed by atoms with Crippen LogP contribution in [0, 0.1) is 0 Å². The maximum atomic E-state index is 13.2. The van der Waals surface area contributed by atoms with Gasteiger partial charge < -0.3 is 49.1 Å². The van der Waals surface area contributed by atoms with E-state index in [4.69, 9.17) is 17.2 Å². The predicted molar refractivity (Wildman–Crippen MR) is 150 cm³/mol. The van der Waals surface area contributed by atoms with Crippen LogP contribution in [-0.4, -0.2) is 71.0 Å². The maximum Gasteiger partial charge on any atom is 0.243 e. The van der Waals surface area contributed by atoms with Crippen molar-refractivity contribution in [3.63, 3.8) is 0 Å². The van der Waals surface area contributed by atoms with Crippen LogP contribution in [-0.2, 0) is 36.8 Å². The Labute approximate surface area is 236 Å². The molecule has 0 spiro atoms. The lowest BCUT2D eigenvalue weighted by molar-refractivity contribution is -0.133. The topological polar surface area (TPSA) is 266 Å². The van der Waals surface area contributed by atoms with Gasteiger partial charge in [-0.2, -0.15) is 0 Å². The van der Waals surface area contributed by atoms with Gasteiger partial charge in [0.15, 0.2) is 0 Å². The van der Waals surface area contributed by atoms with E-state index in [9.17, 15) is 34.2 Å². The summed E-state index contributed by atoms with van der Waals surface area (Å²) in [4.78, 5) is 59.4. The molecule has 2 aromatic carbocycles. The molecule has 3 rings (SSSR count). The lowest BCUT2D eigenvalue weighted by Crippen LogP contribution is -2.57. The van der Waals surface area contributed by atoms with E-state index in [1.807, 2.05) is 0 Å². The molecule has 2 unspecified atom stereocenters. The fourth-order valence-electron chi connectivity index (χ4n) is 4.06. The molecule has 0 aromatic heterocycles. The zero-order chi connectivity index (χ0) is 30.7. The van der Waals surface area contributed by atoms with E-state index in [1.54, 1.807) is 24.3 Å². The van der Waals surface area contributed by atoms with Crippen molar-refractivity contribution in [3.05, 3.63) is 47.5 Å². The number of amides is 5. The molecule has 14 heteroatoms. The number of benzene rings is 2. The van der Waals surface area contributed by atoms with Gasteiger partial charge in [-0.1, -0.05) is 12.1 Å². The summed E-state index contributed by atoms with van der Waals surface area (Å²) in [5.74, 6) is -3.24. The van der Waals surface area contributed by atoms with Crippen molar-refractivity contribution in [1.29, 1.82) is 0 Å².